The van der Waals surface area contributed by atoms with Crippen LogP contribution < -0.4 is 5.73 Å². The lowest BCUT2D eigenvalue weighted by Gasteiger charge is -2.08. The molecule has 0 bridgehead atoms. The van der Waals surface area contributed by atoms with E-state index in [9.17, 15) is 0 Å². The first kappa shape index (κ1) is 11.2. The number of rotatable bonds is 5. The highest BCUT2D eigenvalue weighted by atomic mass is 14.9. The summed E-state index contributed by atoms with van der Waals surface area (Å²) in [5.74, 6) is 0. The Labute approximate surface area is 97.1 Å². The zero-order valence-electron chi connectivity index (χ0n) is 9.95. The maximum atomic E-state index is 5.66. The average molecular weight is 216 g/mol. The van der Waals surface area contributed by atoms with E-state index in [1.807, 2.05) is 0 Å². The molecule has 2 nitrogen and oxygen atoms in total. The normalized spacial score (nSPS) is 11.1. The van der Waals surface area contributed by atoms with Crippen LogP contribution in [0.25, 0.3) is 10.9 Å². The van der Waals surface area contributed by atoms with Crippen molar-refractivity contribution in [2.24, 2.45) is 5.73 Å². The van der Waals surface area contributed by atoms with Gasteiger partial charge in [-0.2, -0.15) is 0 Å². The van der Waals surface area contributed by atoms with Gasteiger partial charge in [-0.05, 0) is 36.4 Å². The standard InChI is InChI=1S/C14H20N2/c1-2-3-10-16-11-8-13-6-4-5-12(7-9-15)14(13)16/h4-6,8,11H,2-3,7,9-10,15H2,1H3. The van der Waals surface area contributed by atoms with Gasteiger partial charge in [-0.3, -0.25) is 0 Å². The second kappa shape index (κ2) is 5.17. The highest BCUT2D eigenvalue weighted by Crippen LogP contribution is 2.21. The summed E-state index contributed by atoms with van der Waals surface area (Å²) in [5.41, 5.74) is 8.41. The van der Waals surface area contributed by atoms with Crippen molar-refractivity contribution in [2.45, 2.75) is 32.7 Å². The van der Waals surface area contributed by atoms with Gasteiger partial charge in [0.1, 0.15) is 0 Å². The molecular formula is C14H20N2. The van der Waals surface area contributed by atoms with Crippen LogP contribution in [0.15, 0.2) is 30.5 Å². The highest BCUT2D eigenvalue weighted by Gasteiger charge is 2.05. The minimum Gasteiger partial charge on any atom is -0.347 e. The van der Waals surface area contributed by atoms with E-state index in [-0.39, 0.29) is 0 Å². The predicted molar refractivity (Wildman–Crippen MR) is 69.6 cm³/mol. The van der Waals surface area contributed by atoms with Gasteiger partial charge in [0.2, 0.25) is 0 Å². The number of nitrogens with two attached hydrogens (primary N) is 1. The second-order valence-corrected chi connectivity index (χ2v) is 4.26. The quantitative estimate of drug-likeness (QED) is 0.818. The third-order valence-electron chi connectivity index (χ3n) is 3.04. The van der Waals surface area contributed by atoms with E-state index < -0.39 is 0 Å². The second-order valence-electron chi connectivity index (χ2n) is 4.26. The topological polar surface area (TPSA) is 30.9 Å². The average Bonchev–Trinajstić information content (AvgIpc) is 2.71. The van der Waals surface area contributed by atoms with Crippen molar-refractivity contribution in [3.05, 3.63) is 36.0 Å². The Morgan fingerprint density at radius 2 is 2.12 bits per heavy atom. The van der Waals surface area contributed by atoms with Gasteiger partial charge in [-0.25, -0.2) is 0 Å². The number of fused-ring (bicyclic) bond motifs is 1. The lowest BCUT2D eigenvalue weighted by Crippen LogP contribution is -2.05. The molecule has 0 spiro atoms. The van der Waals surface area contributed by atoms with Gasteiger partial charge in [0.05, 0.1) is 5.52 Å². The van der Waals surface area contributed by atoms with Crippen LogP contribution >= 0.6 is 0 Å². The number of benzene rings is 1. The molecule has 2 aromatic rings. The number of hydrogen-bond acceptors (Lipinski definition) is 1. The molecular weight excluding hydrogens is 196 g/mol. The van der Waals surface area contributed by atoms with E-state index in [1.165, 1.54) is 29.3 Å². The Morgan fingerprint density at radius 1 is 1.25 bits per heavy atom. The maximum absolute atomic E-state index is 5.66. The molecule has 2 rings (SSSR count). The van der Waals surface area contributed by atoms with E-state index in [0.29, 0.717) is 0 Å². The Kier molecular flexibility index (Phi) is 3.62. The smallest absolute Gasteiger partial charge is 0.0513 e. The van der Waals surface area contributed by atoms with Crippen molar-refractivity contribution in [2.75, 3.05) is 6.54 Å². The SMILES string of the molecule is CCCCn1ccc2cccc(CCN)c21. The van der Waals surface area contributed by atoms with Crippen LogP contribution in [-0.4, -0.2) is 11.1 Å². The Morgan fingerprint density at radius 3 is 2.88 bits per heavy atom. The van der Waals surface area contributed by atoms with E-state index in [0.717, 1.165) is 19.5 Å². The van der Waals surface area contributed by atoms with Crippen LogP contribution in [0.4, 0.5) is 0 Å². The van der Waals surface area contributed by atoms with E-state index in [2.05, 4.69) is 42.0 Å². The zero-order chi connectivity index (χ0) is 11.4. The van der Waals surface area contributed by atoms with E-state index in [1.54, 1.807) is 0 Å². The molecule has 0 aliphatic carbocycles. The number of nitrogens with zero attached hydrogens (tertiary/aromatic N) is 1. The van der Waals surface area contributed by atoms with Crippen molar-refractivity contribution < 1.29 is 0 Å². The van der Waals surface area contributed by atoms with Gasteiger partial charge >= 0.3 is 0 Å². The van der Waals surface area contributed by atoms with Crippen molar-refractivity contribution in [1.29, 1.82) is 0 Å². The molecule has 0 saturated carbocycles. The van der Waals surface area contributed by atoms with Crippen LogP contribution in [0.2, 0.25) is 0 Å². The molecule has 2 N–H and O–H groups in total. The van der Waals surface area contributed by atoms with Gasteiger partial charge in [-0.15, -0.1) is 0 Å². The van der Waals surface area contributed by atoms with Crippen LogP contribution in [0, 0.1) is 0 Å². The highest BCUT2D eigenvalue weighted by molar-refractivity contribution is 5.83. The van der Waals surface area contributed by atoms with Gasteiger partial charge in [0, 0.05) is 12.7 Å². The number of aryl methyl sites for hydroxylation is 1. The molecule has 0 fully saturated rings. The fraction of sp³-hybridized carbons (Fsp3) is 0.429. The van der Waals surface area contributed by atoms with Crippen LogP contribution in [0.3, 0.4) is 0 Å². The summed E-state index contributed by atoms with van der Waals surface area (Å²) in [7, 11) is 0. The Hall–Kier alpha value is -1.28. The molecule has 0 saturated heterocycles. The molecule has 0 aliphatic rings. The summed E-state index contributed by atoms with van der Waals surface area (Å²) in [6, 6.07) is 8.69. The van der Waals surface area contributed by atoms with Crippen molar-refractivity contribution in [3.8, 4) is 0 Å². The predicted octanol–water partition coefficient (Wildman–Crippen LogP) is 2.94. The van der Waals surface area contributed by atoms with Crippen molar-refractivity contribution in [1.82, 2.24) is 4.57 Å². The molecule has 16 heavy (non-hydrogen) atoms. The lowest BCUT2D eigenvalue weighted by atomic mass is 10.1. The molecule has 0 unspecified atom stereocenters. The Balaban J connectivity index is 2.41. The summed E-state index contributed by atoms with van der Waals surface area (Å²) in [5, 5.41) is 1.34. The first-order valence-corrected chi connectivity index (χ1v) is 6.13. The summed E-state index contributed by atoms with van der Waals surface area (Å²) in [6.07, 6.45) is 5.63. The summed E-state index contributed by atoms with van der Waals surface area (Å²) in [4.78, 5) is 0. The fourth-order valence-corrected chi connectivity index (χ4v) is 2.21. The molecule has 0 radical (unpaired) electrons. The van der Waals surface area contributed by atoms with Gasteiger partial charge in [0.15, 0.2) is 0 Å². The largest absolute Gasteiger partial charge is 0.347 e. The maximum Gasteiger partial charge on any atom is 0.0513 e. The number of para-hydroxylation sites is 1. The van der Waals surface area contributed by atoms with Gasteiger partial charge < -0.3 is 10.3 Å². The first-order chi connectivity index (χ1) is 7.86. The minimum atomic E-state index is 0.720. The van der Waals surface area contributed by atoms with Crippen LogP contribution in [0.1, 0.15) is 25.3 Å². The van der Waals surface area contributed by atoms with Crippen LogP contribution in [0.5, 0.6) is 0 Å². The zero-order valence-corrected chi connectivity index (χ0v) is 9.95. The third-order valence-corrected chi connectivity index (χ3v) is 3.04. The molecule has 0 aliphatic heterocycles. The molecule has 1 aromatic heterocycles. The van der Waals surface area contributed by atoms with E-state index in [4.69, 9.17) is 5.73 Å². The minimum absolute atomic E-state index is 0.720. The fourth-order valence-electron chi connectivity index (χ4n) is 2.21. The number of unbranched alkanes of at least 4 members (excludes halogenated alkanes) is 1. The molecule has 2 heteroatoms. The van der Waals surface area contributed by atoms with Gasteiger partial charge in [0.25, 0.3) is 0 Å². The van der Waals surface area contributed by atoms with Gasteiger partial charge in [-0.1, -0.05) is 31.5 Å². The molecule has 1 aromatic carbocycles. The summed E-state index contributed by atoms with van der Waals surface area (Å²) < 4.78 is 2.36. The Bertz CT molecular complexity index is 457. The number of hydrogen-bond donors (Lipinski definition) is 1. The first-order valence-electron chi connectivity index (χ1n) is 6.13. The summed E-state index contributed by atoms with van der Waals surface area (Å²) >= 11 is 0. The van der Waals surface area contributed by atoms with Crippen molar-refractivity contribution in [3.63, 3.8) is 0 Å². The molecule has 1 heterocycles. The molecule has 0 amide bonds. The lowest BCUT2D eigenvalue weighted by molar-refractivity contribution is 0.648. The van der Waals surface area contributed by atoms with Crippen molar-refractivity contribution >= 4 is 10.9 Å². The monoisotopic (exact) mass is 216 g/mol. The molecule has 86 valence electrons. The van der Waals surface area contributed by atoms with E-state index >= 15 is 0 Å². The number of aromatic nitrogens is 1. The third kappa shape index (κ3) is 2.12. The summed E-state index contributed by atoms with van der Waals surface area (Å²) in [6.45, 7) is 4.06. The van der Waals surface area contributed by atoms with Crippen LogP contribution in [-0.2, 0) is 13.0 Å². The molecule has 0 atom stereocenters.